The second-order valence-corrected chi connectivity index (χ2v) is 6.32. The zero-order valence-corrected chi connectivity index (χ0v) is 13.9. The summed E-state index contributed by atoms with van der Waals surface area (Å²) in [7, 11) is 0. The first kappa shape index (κ1) is 15.7. The minimum Gasteiger partial charge on any atom is -0.618 e. The van der Waals surface area contributed by atoms with Crippen LogP contribution in [-0.4, -0.2) is 30.6 Å². The van der Waals surface area contributed by atoms with Gasteiger partial charge in [0.05, 0.1) is 19.3 Å². The number of aromatic nitrogens is 1. The molecule has 0 bridgehead atoms. The molecule has 2 aliphatic heterocycles. The van der Waals surface area contributed by atoms with Crippen molar-refractivity contribution in [3.05, 3.63) is 59.1 Å². The maximum Gasteiger partial charge on any atom is 0.320 e. The lowest BCUT2D eigenvalue weighted by atomic mass is 10.0. The number of hydrogen-bond donors (Lipinski definition) is 0. The molecular weight excluding hydrogens is 320 g/mol. The summed E-state index contributed by atoms with van der Waals surface area (Å²) >= 11 is 0. The summed E-state index contributed by atoms with van der Waals surface area (Å²) in [5, 5.41) is 11.9. The molecule has 4 rings (SSSR count). The molecule has 2 aromatic rings. The highest BCUT2D eigenvalue weighted by Gasteiger charge is 2.34. The molecular formula is C19H20N2O4. The Bertz CT molecular complexity index is 793. The van der Waals surface area contributed by atoms with Gasteiger partial charge in [-0.15, -0.1) is 0 Å². The number of ether oxygens (including phenoxy) is 2. The van der Waals surface area contributed by atoms with Crippen molar-refractivity contribution in [1.82, 2.24) is 4.90 Å². The number of carbonyl (C=O) groups is 1. The minimum atomic E-state index is -0.231. The van der Waals surface area contributed by atoms with E-state index in [-0.39, 0.29) is 17.6 Å². The number of carbonyl (C=O) groups excluding carboxylic acids is 1. The third-order valence-corrected chi connectivity index (χ3v) is 4.71. The number of amides is 1. The molecule has 1 saturated heterocycles. The monoisotopic (exact) mass is 340 g/mol. The van der Waals surface area contributed by atoms with E-state index in [0.29, 0.717) is 24.5 Å². The Labute approximate surface area is 146 Å². The van der Waals surface area contributed by atoms with Gasteiger partial charge in [0.25, 0.3) is 5.69 Å². The molecule has 1 atom stereocenters. The Balaban J connectivity index is 1.63. The van der Waals surface area contributed by atoms with E-state index in [0.717, 1.165) is 36.3 Å². The summed E-state index contributed by atoms with van der Waals surface area (Å²) in [5.41, 5.74) is 1.17. The standard InChI is InChI=1S/C19H20N2O4/c22-19(16-5-1-2-10-21(16)23)20-9-3-6-15(20)14-7-8-17-18(13-14)25-12-4-11-24-17/h1-2,5,7-8,10,13,15H,3-4,6,9,11-12H2/t15-/m0/s1. The van der Waals surface area contributed by atoms with Gasteiger partial charge in [-0.2, -0.15) is 4.73 Å². The fraction of sp³-hybridized carbons (Fsp3) is 0.368. The molecule has 1 aromatic carbocycles. The predicted octanol–water partition coefficient (Wildman–Crippen LogP) is 2.46. The number of benzene rings is 1. The lowest BCUT2D eigenvalue weighted by Crippen LogP contribution is -2.41. The highest BCUT2D eigenvalue weighted by atomic mass is 16.5. The molecule has 0 N–H and O–H groups in total. The van der Waals surface area contributed by atoms with Crippen LogP contribution in [0, 0.1) is 5.21 Å². The van der Waals surface area contributed by atoms with E-state index in [1.165, 1.54) is 6.20 Å². The molecule has 0 spiro atoms. The van der Waals surface area contributed by atoms with E-state index in [1.54, 1.807) is 23.1 Å². The van der Waals surface area contributed by atoms with Crippen molar-refractivity contribution in [3.8, 4) is 11.5 Å². The Hall–Kier alpha value is -2.76. The van der Waals surface area contributed by atoms with Gasteiger partial charge in [-0.05, 0) is 36.6 Å². The largest absolute Gasteiger partial charge is 0.618 e. The molecule has 0 radical (unpaired) electrons. The molecule has 130 valence electrons. The van der Waals surface area contributed by atoms with Crippen molar-refractivity contribution in [2.45, 2.75) is 25.3 Å². The van der Waals surface area contributed by atoms with Crippen LogP contribution in [0.4, 0.5) is 0 Å². The molecule has 1 fully saturated rings. The van der Waals surface area contributed by atoms with Gasteiger partial charge in [0.2, 0.25) is 0 Å². The predicted molar refractivity (Wildman–Crippen MR) is 90.5 cm³/mol. The van der Waals surface area contributed by atoms with Gasteiger partial charge in [0.15, 0.2) is 17.7 Å². The normalized spacial score (nSPS) is 19.5. The van der Waals surface area contributed by atoms with Crippen LogP contribution < -0.4 is 14.2 Å². The minimum absolute atomic E-state index is 0.0511. The average molecular weight is 340 g/mol. The summed E-state index contributed by atoms with van der Waals surface area (Å²) in [6.07, 6.45) is 4.00. The molecule has 0 saturated carbocycles. The zero-order chi connectivity index (χ0) is 17.2. The van der Waals surface area contributed by atoms with Crippen molar-refractivity contribution in [2.75, 3.05) is 19.8 Å². The van der Waals surface area contributed by atoms with Crippen LogP contribution >= 0.6 is 0 Å². The first-order valence-corrected chi connectivity index (χ1v) is 8.63. The van der Waals surface area contributed by atoms with E-state index in [1.807, 2.05) is 18.2 Å². The third-order valence-electron chi connectivity index (χ3n) is 4.71. The Morgan fingerprint density at radius 1 is 1.12 bits per heavy atom. The van der Waals surface area contributed by atoms with E-state index >= 15 is 0 Å². The second-order valence-electron chi connectivity index (χ2n) is 6.32. The van der Waals surface area contributed by atoms with Crippen LogP contribution in [0.3, 0.4) is 0 Å². The Morgan fingerprint density at radius 3 is 2.80 bits per heavy atom. The van der Waals surface area contributed by atoms with Crippen LogP contribution in [0.25, 0.3) is 0 Å². The van der Waals surface area contributed by atoms with Crippen LogP contribution in [0.15, 0.2) is 42.6 Å². The van der Waals surface area contributed by atoms with Crippen molar-refractivity contribution < 1.29 is 19.0 Å². The second kappa shape index (κ2) is 6.63. The third kappa shape index (κ3) is 2.99. The molecule has 6 nitrogen and oxygen atoms in total. The number of fused-ring (bicyclic) bond motifs is 1. The van der Waals surface area contributed by atoms with Crippen molar-refractivity contribution in [1.29, 1.82) is 0 Å². The Kier molecular flexibility index (Phi) is 4.17. The number of nitrogens with zero attached hydrogens (tertiary/aromatic N) is 2. The zero-order valence-electron chi connectivity index (χ0n) is 13.9. The highest BCUT2D eigenvalue weighted by Crippen LogP contribution is 2.38. The van der Waals surface area contributed by atoms with Gasteiger partial charge >= 0.3 is 5.91 Å². The number of likely N-dealkylation sites (tertiary alicyclic amines) is 1. The van der Waals surface area contributed by atoms with Crippen molar-refractivity contribution in [3.63, 3.8) is 0 Å². The fourth-order valence-electron chi connectivity index (χ4n) is 3.48. The summed E-state index contributed by atoms with van der Waals surface area (Å²) in [6, 6.07) is 10.7. The molecule has 3 heterocycles. The Morgan fingerprint density at radius 2 is 1.96 bits per heavy atom. The number of hydrogen-bond acceptors (Lipinski definition) is 4. The molecule has 6 heteroatoms. The lowest BCUT2D eigenvalue weighted by Gasteiger charge is -2.25. The van der Waals surface area contributed by atoms with Gasteiger partial charge in [-0.1, -0.05) is 6.07 Å². The van der Waals surface area contributed by atoms with Gasteiger partial charge in [0.1, 0.15) is 0 Å². The molecule has 25 heavy (non-hydrogen) atoms. The van der Waals surface area contributed by atoms with Gasteiger partial charge in [-0.3, -0.25) is 4.79 Å². The van der Waals surface area contributed by atoms with Crippen LogP contribution in [0.2, 0.25) is 0 Å². The van der Waals surface area contributed by atoms with Gasteiger partial charge < -0.3 is 19.6 Å². The van der Waals surface area contributed by atoms with Crippen LogP contribution in [-0.2, 0) is 0 Å². The van der Waals surface area contributed by atoms with E-state index in [4.69, 9.17) is 9.47 Å². The molecule has 0 aliphatic carbocycles. The molecule has 2 aliphatic rings. The quantitative estimate of drug-likeness (QED) is 0.622. The summed E-state index contributed by atoms with van der Waals surface area (Å²) in [4.78, 5) is 14.6. The van der Waals surface area contributed by atoms with E-state index < -0.39 is 0 Å². The lowest BCUT2D eigenvalue weighted by molar-refractivity contribution is -0.608. The topological polar surface area (TPSA) is 65.7 Å². The maximum absolute atomic E-state index is 12.8. The van der Waals surface area contributed by atoms with Gasteiger partial charge in [-0.25, -0.2) is 0 Å². The SMILES string of the molecule is O=C(c1cccc[n+]1[O-])N1CCC[C@H]1c1ccc2c(c1)OCCCO2. The van der Waals surface area contributed by atoms with Crippen molar-refractivity contribution in [2.24, 2.45) is 0 Å². The summed E-state index contributed by atoms with van der Waals surface area (Å²) in [5.74, 6) is 1.25. The van der Waals surface area contributed by atoms with Crippen LogP contribution in [0.1, 0.15) is 41.4 Å². The first-order valence-electron chi connectivity index (χ1n) is 8.63. The average Bonchev–Trinajstić information content (AvgIpc) is 3.00. The maximum atomic E-state index is 12.8. The first-order chi connectivity index (χ1) is 12.2. The van der Waals surface area contributed by atoms with E-state index in [9.17, 15) is 10.0 Å². The number of pyridine rings is 1. The van der Waals surface area contributed by atoms with Crippen LogP contribution in [0.5, 0.6) is 11.5 Å². The molecule has 1 amide bonds. The van der Waals surface area contributed by atoms with Crippen molar-refractivity contribution >= 4 is 5.91 Å². The fourth-order valence-corrected chi connectivity index (χ4v) is 3.48. The molecule has 1 aromatic heterocycles. The highest BCUT2D eigenvalue weighted by molar-refractivity contribution is 5.91. The van der Waals surface area contributed by atoms with E-state index in [2.05, 4.69) is 0 Å². The number of rotatable bonds is 2. The summed E-state index contributed by atoms with van der Waals surface area (Å²) < 4.78 is 12.1. The molecule has 0 unspecified atom stereocenters. The summed E-state index contributed by atoms with van der Waals surface area (Å²) in [6.45, 7) is 1.93. The van der Waals surface area contributed by atoms with Gasteiger partial charge in [0, 0.05) is 25.1 Å². The smallest absolute Gasteiger partial charge is 0.320 e.